The van der Waals surface area contributed by atoms with Gasteiger partial charge in [-0.25, -0.2) is 0 Å². The number of benzene rings is 1. The zero-order valence-electron chi connectivity index (χ0n) is 12.1. The summed E-state index contributed by atoms with van der Waals surface area (Å²) >= 11 is 0. The molecule has 2 nitrogen and oxygen atoms in total. The molecule has 1 N–H and O–H groups in total. The van der Waals surface area contributed by atoms with E-state index in [9.17, 15) is 13.2 Å². The summed E-state index contributed by atoms with van der Waals surface area (Å²) in [6, 6.07) is 7.71. The molecular formula is C15H22F3NO. The van der Waals surface area contributed by atoms with Gasteiger partial charge in [0, 0.05) is 24.1 Å². The summed E-state index contributed by atoms with van der Waals surface area (Å²) in [5, 5.41) is 3.31. The fourth-order valence-corrected chi connectivity index (χ4v) is 2.23. The molecule has 2 atom stereocenters. The van der Waals surface area contributed by atoms with E-state index >= 15 is 0 Å². The molecule has 0 aliphatic carbocycles. The van der Waals surface area contributed by atoms with Crippen LogP contribution in [-0.4, -0.2) is 19.3 Å². The first-order chi connectivity index (χ1) is 9.33. The topological polar surface area (TPSA) is 21.3 Å². The molecule has 0 spiro atoms. The molecule has 1 unspecified atom stereocenters. The van der Waals surface area contributed by atoms with Gasteiger partial charge in [-0.3, -0.25) is 0 Å². The second-order valence-corrected chi connectivity index (χ2v) is 5.04. The maximum absolute atomic E-state index is 12.1. The van der Waals surface area contributed by atoms with Crippen molar-refractivity contribution < 1.29 is 17.9 Å². The van der Waals surface area contributed by atoms with Crippen molar-refractivity contribution in [3.8, 4) is 5.75 Å². The fourth-order valence-electron chi connectivity index (χ4n) is 2.23. The summed E-state index contributed by atoms with van der Waals surface area (Å²) in [4.78, 5) is 0. The maximum atomic E-state index is 12.1. The molecule has 1 aromatic rings. The van der Waals surface area contributed by atoms with Gasteiger partial charge >= 0.3 is 6.18 Å². The highest BCUT2D eigenvalue weighted by molar-refractivity contribution is 5.35. The van der Waals surface area contributed by atoms with Crippen LogP contribution >= 0.6 is 0 Å². The molecule has 0 aromatic heterocycles. The van der Waals surface area contributed by atoms with Gasteiger partial charge in [-0.05, 0) is 32.8 Å². The first-order valence-electron chi connectivity index (χ1n) is 6.79. The summed E-state index contributed by atoms with van der Waals surface area (Å²) in [6.07, 6.45) is -4.13. The van der Waals surface area contributed by atoms with Gasteiger partial charge in [0.05, 0.1) is 7.11 Å². The molecule has 0 heterocycles. The van der Waals surface area contributed by atoms with E-state index in [0.717, 1.165) is 11.3 Å². The lowest BCUT2D eigenvalue weighted by atomic mass is 10.0. The van der Waals surface area contributed by atoms with Gasteiger partial charge in [0.1, 0.15) is 5.75 Å². The molecule has 0 amide bonds. The monoisotopic (exact) mass is 289 g/mol. The van der Waals surface area contributed by atoms with Crippen LogP contribution in [0.5, 0.6) is 5.75 Å². The van der Waals surface area contributed by atoms with E-state index in [-0.39, 0.29) is 18.5 Å². The van der Waals surface area contributed by atoms with Crippen molar-refractivity contribution in [3.63, 3.8) is 0 Å². The van der Waals surface area contributed by atoms with Crippen molar-refractivity contribution >= 4 is 0 Å². The largest absolute Gasteiger partial charge is 0.496 e. The predicted octanol–water partition coefficient (Wildman–Crippen LogP) is 4.47. The first-order valence-corrected chi connectivity index (χ1v) is 6.79. The highest BCUT2D eigenvalue weighted by Gasteiger charge is 2.26. The molecule has 1 rings (SSSR count). The molecular weight excluding hydrogens is 267 g/mol. The highest BCUT2D eigenvalue weighted by atomic mass is 19.4. The van der Waals surface area contributed by atoms with Crippen LogP contribution in [-0.2, 0) is 0 Å². The van der Waals surface area contributed by atoms with E-state index < -0.39 is 12.6 Å². The van der Waals surface area contributed by atoms with Crippen LogP contribution in [0.15, 0.2) is 24.3 Å². The summed E-state index contributed by atoms with van der Waals surface area (Å²) in [5.41, 5.74) is 1.01. The Kier molecular flexibility index (Phi) is 6.33. The number of hydrogen-bond acceptors (Lipinski definition) is 2. The number of nitrogens with one attached hydrogen (secondary N) is 1. The molecule has 0 aliphatic heterocycles. The number of methoxy groups -OCH3 is 1. The van der Waals surface area contributed by atoms with Gasteiger partial charge in [0.15, 0.2) is 0 Å². The number of hydrogen-bond donors (Lipinski definition) is 1. The standard InChI is InChI=1S/C15H22F3NO/c1-11(7-6-10-15(16,17)18)19-12(2)13-8-4-5-9-14(13)20-3/h4-5,8-9,11-12,19H,6-7,10H2,1-3H3/t11?,12-/m1/s1. The zero-order valence-corrected chi connectivity index (χ0v) is 12.1. The minimum atomic E-state index is -4.06. The summed E-state index contributed by atoms with van der Waals surface area (Å²) in [7, 11) is 1.61. The average molecular weight is 289 g/mol. The Morgan fingerprint density at radius 2 is 1.85 bits per heavy atom. The van der Waals surface area contributed by atoms with Crippen molar-refractivity contribution in [3.05, 3.63) is 29.8 Å². The third kappa shape index (κ3) is 5.82. The molecule has 0 fully saturated rings. The van der Waals surface area contributed by atoms with E-state index in [1.165, 1.54) is 0 Å². The molecule has 0 radical (unpaired) electrons. The lowest BCUT2D eigenvalue weighted by Gasteiger charge is -2.22. The molecule has 0 aliphatic rings. The molecule has 0 saturated heterocycles. The van der Waals surface area contributed by atoms with Gasteiger partial charge in [-0.1, -0.05) is 18.2 Å². The Labute approximate surface area is 118 Å². The molecule has 20 heavy (non-hydrogen) atoms. The van der Waals surface area contributed by atoms with E-state index in [1.54, 1.807) is 7.11 Å². The fraction of sp³-hybridized carbons (Fsp3) is 0.600. The summed E-state index contributed by atoms with van der Waals surface area (Å²) in [5.74, 6) is 0.787. The smallest absolute Gasteiger partial charge is 0.389 e. The van der Waals surface area contributed by atoms with Crippen LogP contribution in [0.4, 0.5) is 13.2 Å². The van der Waals surface area contributed by atoms with Crippen molar-refractivity contribution in [1.82, 2.24) is 5.32 Å². The third-order valence-electron chi connectivity index (χ3n) is 3.24. The van der Waals surface area contributed by atoms with Crippen LogP contribution in [0.25, 0.3) is 0 Å². The zero-order chi connectivity index (χ0) is 15.2. The van der Waals surface area contributed by atoms with Crippen LogP contribution < -0.4 is 10.1 Å². The lowest BCUT2D eigenvalue weighted by molar-refractivity contribution is -0.135. The normalized spacial score (nSPS) is 14.9. The Morgan fingerprint density at radius 3 is 2.45 bits per heavy atom. The Hall–Kier alpha value is -1.23. The van der Waals surface area contributed by atoms with Gasteiger partial charge < -0.3 is 10.1 Å². The SMILES string of the molecule is COc1ccccc1[C@@H](C)NC(C)CCCC(F)(F)F. The van der Waals surface area contributed by atoms with Crippen molar-refractivity contribution in [2.45, 2.75) is 51.4 Å². The molecule has 0 bridgehead atoms. The summed E-state index contributed by atoms with van der Waals surface area (Å²) in [6.45, 7) is 3.89. The van der Waals surface area contributed by atoms with E-state index in [2.05, 4.69) is 5.32 Å². The predicted molar refractivity (Wildman–Crippen MR) is 73.9 cm³/mol. The Balaban J connectivity index is 2.47. The van der Waals surface area contributed by atoms with Crippen molar-refractivity contribution in [1.29, 1.82) is 0 Å². The van der Waals surface area contributed by atoms with E-state index in [4.69, 9.17) is 4.74 Å². The third-order valence-corrected chi connectivity index (χ3v) is 3.24. The van der Waals surface area contributed by atoms with Gasteiger partial charge in [-0.15, -0.1) is 0 Å². The average Bonchev–Trinajstić information content (AvgIpc) is 2.37. The summed E-state index contributed by atoms with van der Waals surface area (Å²) < 4.78 is 41.6. The molecule has 114 valence electrons. The molecule has 5 heteroatoms. The quantitative estimate of drug-likeness (QED) is 0.799. The van der Waals surface area contributed by atoms with Gasteiger partial charge in [0.2, 0.25) is 0 Å². The highest BCUT2D eigenvalue weighted by Crippen LogP contribution is 2.26. The van der Waals surface area contributed by atoms with Crippen molar-refractivity contribution in [2.24, 2.45) is 0 Å². The maximum Gasteiger partial charge on any atom is 0.389 e. The lowest BCUT2D eigenvalue weighted by Crippen LogP contribution is -2.29. The Bertz CT molecular complexity index is 406. The van der Waals surface area contributed by atoms with Crippen LogP contribution in [0, 0.1) is 0 Å². The number of para-hydroxylation sites is 1. The van der Waals surface area contributed by atoms with Crippen LogP contribution in [0.3, 0.4) is 0 Å². The minimum absolute atomic E-state index is 0.0252. The van der Waals surface area contributed by atoms with Crippen LogP contribution in [0.2, 0.25) is 0 Å². The second-order valence-electron chi connectivity index (χ2n) is 5.04. The second kappa shape index (κ2) is 7.53. The van der Waals surface area contributed by atoms with E-state index in [1.807, 2.05) is 38.1 Å². The number of alkyl halides is 3. The minimum Gasteiger partial charge on any atom is -0.496 e. The Morgan fingerprint density at radius 1 is 1.20 bits per heavy atom. The van der Waals surface area contributed by atoms with E-state index in [0.29, 0.717) is 6.42 Å². The molecule has 1 aromatic carbocycles. The van der Waals surface area contributed by atoms with Crippen LogP contribution in [0.1, 0.15) is 44.7 Å². The van der Waals surface area contributed by atoms with Gasteiger partial charge in [0.25, 0.3) is 0 Å². The number of rotatable bonds is 7. The number of ether oxygens (including phenoxy) is 1. The first kappa shape index (κ1) is 16.8. The van der Waals surface area contributed by atoms with Gasteiger partial charge in [-0.2, -0.15) is 13.2 Å². The van der Waals surface area contributed by atoms with Crippen molar-refractivity contribution in [2.75, 3.05) is 7.11 Å². The number of halogens is 3. The molecule has 0 saturated carbocycles.